The summed E-state index contributed by atoms with van der Waals surface area (Å²) in [5.74, 6) is 2.34. The van der Waals surface area contributed by atoms with Crippen molar-refractivity contribution >= 4 is 5.78 Å². The monoisotopic (exact) mass is 440 g/mol. The van der Waals surface area contributed by atoms with Gasteiger partial charge in [-0.3, -0.25) is 4.79 Å². The molecule has 0 aliphatic heterocycles. The Morgan fingerprint density at radius 1 is 0.781 bits per heavy atom. The van der Waals surface area contributed by atoms with Crippen LogP contribution in [0.25, 0.3) is 0 Å². The molecule has 0 aromatic heterocycles. The van der Waals surface area contributed by atoms with Crippen LogP contribution >= 0.6 is 0 Å². The third-order valence-corrected chi connectivity index (χ3v) is 13.4. The molecule has 5 aliphatic carbocycles. The van der Waals surface area contributed by atoms with Gasteiger partial charge in [0.1, 0.15) is 0 Å². The number of aliphatic hydroxyl groups is 1. The molecular weight excluding hydrogens is 392 g/mol. The predicted molar refractivity (Wildman–Crippen MR) is 131 cm³/mol. The van der Waals surface area contributed by atoms with Gasteiger partial charge in [-0.1, -0.05) is 55.0 Å². The molecule has 0 spiro atoms. The lowest BCUT2D eigenvalue weighted by atomic mass is 9.30. The van der Waals surface area contributed by atoms with Crippen LogP contribution in [-0.4, -0.2) is 17.0 Å². The van der Waals surface area contributed by atoms with Crippen LogP contribution in [0, 0.1) is 50.2 Å². The van der Waals surface area contributed by atoms with Crippen molar-refractivity contribution in [2.24, 2.45) is 50.2 Å². The minimum Gasteiger partial charge on any atom is -0.393 e. The molecule has 5 rings (SSSR count). The third kappa shape index (κ3) is 2.60. The highest BCUT2D eigenvalue weighted by Crippen LogP contribution is 2.78. The van der Waals surface area contributed by atoms with Crippen LogP contribution in [0.2, 0.25) is 0 Å². The van der Waals surface area contributed by atoms with E-state index in [0.717, 1.165) is 37.2 Å². The van der Waals surface area contributed by atoms with Crippen molar-refractivity contribution in [3.8, 4) is 0 Å². The predicted octanol–water partition coefficient (Wildman–Crippen LogP) is 7.35. The molecule has 0 heterocycles. The molecule has 9 atom stereocenters. The topological polar surface area (TPSA) is 37.3 Å². The van der Waals surface area contributed by atoms with Crippen LogP contribution in [-0.2, 0) is 4.79 Å². The smallest absolute Gasteiger partial charge is 0.158 e. The molecule has 5 fully saturated rings. The highest BCUT2D eigenvalue weighted by atomic mass is 16.3. The largest absolute Gasteiger partial charge is 0.393 e. The van der Waals surface area contributed by atoms with Gasteiger partial charge >= 0.3 is 0 Å². The summed E-state index contributed by atoms with van der Waals surface area (Å²) in [7, 11) is 0. The zero-order valence-corrected chi connectivity index (χ0v) is 21.9. The highest BCUT2D eigenvalue weighted by molar-refractivity contribution is 5.97. The van der Waals surface area contributed by atoms with Gasteiger partial charge in [0, 0.05) is 6.42 Å². The van der Waals surface area contributed by atoms with Gasteiger partial charge in [0.15, 0.2) is 5.78 Å². The molecule has 2 heteroatoms. The second-order valence-electron chi connectivity index (χ2n) is 15.0. The molecule has 0 radical (unpaired) electrons. The van der Waals surface area contributed by atoms with E-state index in [0.29, 0.717) is 40.3 Å². The third-order valence-electron chi connectivity index (χ3n) is 13.4. The molecule has 0 saturated heterocycles. The molecule has 5 aliphatic rings. The maximum Gasteiger partial charge on any atom is 0.158 e. The lowest BCUT2D eigenvalue weighted by Crippen LogP contribution is -2.68. The quantitative estimate of drug-likeness (QED) is 0.400. The van der Waals surface area contributed by atoms with Crippen molar-refractivity contribution in [1.82, 2.24) is 0 Å². The highest BCUT2D eigenvalue weighted by Gasteiger charge is 2.71. The number of Topliss-reactive ketones (excluding diaryl/α,β-unsaturated/α-hetero) is 1. The maximum absolute atomic E-state index is 12.6. The fourth-order valence-electron chi connectivity index (χ4n) is 10.9. The summed E-state index contributed by atoms with van der Waals surface area (Å²) in [4.78, 5) is 12.6. The SMILES string of the molecule is C=C1C(=O)CCC2C1(C)CCC1C2(C)CCC2(C)C3CC(C)(C)C(O)CC3(C)CCC12C. The lowest BCUT2D eigenvalue weighted by molar-refractivity contribution is -0.258. The van der Waals surface area contributed by atoms with E-state index in [9.17, 15) is 9.90 Å². The summed E-state index contributed by atoms with van der Waals surface area (Å²) < 4.78 is 0. The second kappa shape index (κ2) is 6.52. The molecule has 32 heavy (non-hydrogen) atoms. The number of carbonyl (C=O) groups is 1. The summed E-state index contributed by atoms with van der Waals surface area (Å²) in [6, 6.07) is 0. The zero-order valence-electron chi connectivity index (χ0n) is 21.9. The van der Waals surface area contributed by atoms with Crippen molar-refractivity contribution in [1.29, 1.82) is 0 Å². The summed E-state index contributed by atoms with van der Waals surface area (Å²) in [6.45, 7) is 21.7. The number of ketones is 1. The Kier molecular flexibility index (Phi) is 4.71. The first-order chi connectivity index (χ1) is 14.6. The number of fused-ring (bicyclic) bond motifs is 7. The minimum atomic E-state index is -0.174. The number of allylic oxidation sites excluding steroid dienone is 1. The van der Waals surface area contributed by atoms with E-state index in [-0.39, 0.29) is 22.3 Å². The standard InChI is InChI=1S/C30H48O2/c1-19-20(31)9-10-21-27(19,5)12-11-22-28(21,6)14-16-30(8)23-17-25(2,3)24(32)18-26(23,4)13-15-29(22,30)7/h21-24,32H,1,9-18H2,2-8H3. The van der Waals surface area contributed by atoms with Gasteiger partial charge in [-0.25, -0.2) is 0 Å². The van der Waals surface area contributed by atoms with Crippen LogP contribution < -0.4 is 0 Å². The van der Waals surface area contributed by atoms with Crippen molar-refractivity contribution in [2.75, 3.05) is 0 Å². The first-order valence-electron chi connectivity index (χ1n) is 13.5. The molecule has 9 unspecified atom stereocenters. The molecule has 0 amide bonds. The summed E-state index contributed by atoms with van der Waals surface area (Å²) in [5.41, 5.74) is 2.20. The summed E-state index contributed by atoms with van der Waals surface area (Å²) in [5, 5.41) is 11.0. The van der Waals surface area contributed by atoms with Gasteiger partial charge in [-0.05, 0) is 114 Å². The van der Waals surface area contributed by atoms with E-state index in [1.807, 2.05) is 0 Å². The zero-order chi connectivity index (χ0) is 23.5. The van der Waals surface area contributed by atoms with Gasteiger partial charge in [0.05, 0.1) is 6.10 Å². The van der Waals surface area contributed by atoms with E-state index in [1.165, 1.54) is 32.1 Å². The molecular formula is C30H48O2. The van der Waals surface area contributed by atoms with Crippen LogP contribution in [0.3, 0.4) is 0 Å². The van der Waals surface area contributed by atoms with Crippen LogP contribution in [0.4, 0.5) is 0 Å². The number of hydrogen-bond donors (Lipinski definition) is 1. The van der Waals surface area contributed by atoms with E-state index in [4.69, 9.17) is 0 Å². The summed E-state index contributed by atoms with van der Waals surface area (Å²) in [6.07, 6.45) is 11.3. The van der Waals surface area contributed by atoms with Crippen molar-refractivity contribution in [2.45, 2.75) is 119 Å². The Morgan fingerprint density at radius 2 is 1.41 bits per heavy atom. The fourth-order valence-corrected chi connectivity index (χ4v) is 10.9. The first-order valence-corrected chi connectivity index (χ1v) is 13.5. The normalized spacial score (nSPS) is 57.1. The molecule has 1 N–H and O–H groups in total. The number of rotatable bonds is 0. The molecule has 180 valence electrons. The molecule has 5 saturated carbocycles. The minimum absolute atomic E-state index is 0.00477. The van der Waals surface area contributed by atoms with Gasteiger partial charge in [-0.2, -0.15) is 0 Å². The Labute approximate surface area is 197 Å². The summed E-state index contributed by atoms with van der Waals surface area (Å²) >= 11 is 0. The Balaban J connectivity index is 1.55. The van der Waals surface area contributed by atoms with E-state index >= 15 is 0 Å². The number of hydrogen-bond acceptors (Lipinski definition) is 2. The van der Waals surface area contributed by atoms with E-state index < -0.39 is 0 Å². The number of carbonyl (C=O) groups excluding carboxylic acids is 1. The lowest BCUT2D eigenvalue weighted by Gasteiger charge is -2.74. The van der Waals surface area contributed by atoms with Gasteiger partial charge in [0.25, 0.3) is 0 Å². The first kappa shape index (κ1) is 23.1. The maximum atomic E-state index is 12.6. The van der Waals surface area contributed by atoms with Crippen LogP contribution in [0.1, 0.15) is 113 Å². The van der Waals surface area contributed by atoms with Gasteiger partial charge < -0.3 is 5.11 Å². The Bertz CT molecular complexity index is 857. The second-order valence-corrected chi connectivity index (χ2v) is 15.0. The molecule has 2 nitrogen and oxygen atoms in total. The van der Waals surface area contributed by atoms with Crippen molar-refractivity contribution < 1.29 is 9.90 Å². The van der Waals surface area contributed by atoms with Crippen LogP contribution in [0.5, 0.6) is 0 Å². The molecule has 0 aromatic rings. The molecule has 0 aromatic carbocycles. The van der Waals surface area contributed by atoms with Crippen LogP contribution in [0.15, 0.2) is 12.2 Å². The Morgan fingerprint density at radius 3 is 2.09 bits per heavy atom. The Hall–Kier alpha value is -0.630. The van der Waals surface area contributed by atoms with E-state index in [2.05, 4.69) is 55.0 Å². The number of aliphatic hydroxyl groups excluding tert-OH is 1. The average Bonchev–Trinajstić information content (AvgIpc) is 2.70. The average molecular weight is 441 g/mol. The van der Waals surface area contributed by atoms with Crippen molar-refractivity contribution in [3.05, 3.63) is 12.2 Å². The van der Waals surface area contributed by atoms with Crippen molar-refractivity contribution in [3.63, 3.8) is 0 Å². The van der Waals surface area contributed by atoms with Gasteiger partial charge in [0.2, 0.25) is 0 Å². The van der Waals surface area contributed by atoms with Gasteiger partial charge in [-0.15, -0.1) is 0 Å². The fraction of sp³-hybridized carbons (Fsp3) is 0.900. The van der Waals surface area contributed by atoms with E-state index in [1.54, 1.807) is 0 Å². The molecule has 0 bridgehead atoms.